The van der Waals surface area contributed by atoms with Crippen molar-refractivity contribution in [2.75, 3.05) is 32.6 Å². The standard InChI is InChI=1S/C12H19N3O/c1-15-7-3-4-10(9-15)14-12-6-5-11(16-2)8-13-12/h5-6,8,10H,3-4,7,9H2,1-2H3,(H,13,14). The molecule has 1 aromatic heterocycles. The van der Waals surface area contributed by atoms with Crippen LogP contribution in [-0.2, 0) is 0 Å². The monoisotopic (exact) mass is 221 g/mol. The molecule has 1 atom stereocenters. The highest BCUT2D eigenvalue weighted by Gasteiger charge is 2.16. The van der Waals surface area contributed by atoms with Gasteiger partial charge in [0.25, 0.3) is 0 Å². The van der Waals surface area contributed by atoms with E-state index in [0.717, 1.165) is 18.1 Å². The molecule has 0 amide bonds. The Hall–Kier alpha value is -1.29. The lowest BCUT2D eigenvalue weighted by atomic mass is 10.1. The largest absolute Gasteiger partial charge is 0.495 e. The number of hydrogen-bond donors (Lipinski definition) is 1. The van der Waals surface area contributed by atoms with Gasteiger partial charge in [0.1, 0.15) is 11.6 Å². The second-order valence-corrected chi connectivity index (χ2v) is 4.33. The lowest BCUT2D eigenvalue weighted by Crippen LogP contribution is -2.39. The fourth-order valence-corrected chi connectivity index (χ4v) is 2.08. The third-order valence-corrected chi connectivity index (χ3v) is 2.95. The van der Waals surface area contributed by atoms with E-state index in [9.17, 15) is 0 Å². The summed E-state index contributed by atoms with van der Waals surface area (Å²) in [4.78, 5) is 6.67. The van der Waals surface area contributed by atoms with Crippen LogP contribution < -0.4 is 10.1 Å². The molecule has 2 heterocycles. The van der Waals surface area contributed by atoms with Crippen molar-refractivity contribution in [3.05, 3.63) is 18.3 Å². The molecule has 1 aromatic rings. The van der Waals surface area contributed by atoms with Crippen LogP contribution in [0.25, 0.3) is 0 Å². The molecule has 0 radical (unpaired) electrons. The van der Waals surface area contributed by atoms with E-state index in [1.165, 1.54) is 19.4 Å². The quantitative estimate of drug-likeness (QED) is 0.841. The molecule has 1 unspecified atom stereocenters. The maximum Gasteiger partial charge on any atom is 0.137 e. The molecule has 4 nitrogen and oxygen atoms in total. The van der Waals surface area contributed by atoms with Crippen molar-refractivity contribution in [2.45, 2.75) is 18.9 Å². The SMILES string of the molecule is COc1ccc(NC2CCCN(C)C2)nc1. The van der Waals surface area contributed by atoms with Crippen molar-refractivity contribution in [1.82, 2.24) is 9.88 Å². The van der Waals surface area contributed by atoms with E-state index < -0.39 is 0 Å². The molecule has 0 spiro atoms. The number of likely N-dealkylation sites (tertiary alicyclic amines) is 1. The van der Waals surface area contributed by atoms with E-state index >= 15 is 0 Å². The van der Waals surface area contributed by atoms with Gasteiger partial charge in [0, 0.05) is 12.6 Å². The van der Waals surface area contributed by atoms with Crippen LogP contribution in [0, 0.1) is 0 Å². The predicted octanol–water partition coefficient (Wildman–Crippen LogP) is 1.60. The molecule has 2 rings (SSSR count). The molecule has 0 aliphatic carbocycles. The van der Waals surface area contributed by atoms with Gasteiger partial charge in [-0.3, -0.25) is 0 Å². The van der Waals surface area contributed by atoms with Crippen molar-refractivity contribution in [2.24, 2.45) is 0 Å². The first-order chi connectivity index (χ1) is 7.78. The zero-order chi connectivity index (χ0) is 11.4. The van der Waals surface area contributed by atoms with Gasteiger partial charge in [-0.1, -0.05) is 0 Å². The van der Waals surface area contributed by atoms with Crippen molar-refractivity contribution in [1.29, 1.82) is 0 Å². The van der Waals surface area contributed by atoms with E-state index in [4.69, 9.17) is 4.74 Å². The summed E-state index contributed by atoms with van der Waals surface area (Å²) in [5.74, 6) is 1.73. The maximum absolute atomic E-state index is 5.08. The van der Waals surface area contributed by atoms with E-state index in [2.05, 4.69) is 22.2 Å². The Labute approximate surface area is 96.6 Å². The van der Waals surface area contributed by atoms with Crippen LogP contribution in [0.5, 0.6) is 5.75 Å². The Morgan fingerprint density at radius 2 is 2.38 bits per heavy atom. The maximum atomic E-state index is 5.08. The summed E-state index contributed by atoms with van der Waals surface area (Å²) in [6, 6.07) is 4.41. The number of methoxy groups -OCH3 is 1. The summed E-state index contributed by atoms with van der Waals surface area (Å²) in [5, 5.41) is 3.45. The number of ether oxygens (including phenoxy) is 1. The number of piperidine rings is 1. The number of nitrogens with zero attached hydrogens (tertiary/aromatic N) is 2. The summed E-state index contributed by atoms with van der Waals surface area (Å²) in [6.45, 7) is 2.29. The Morgan fingerprint density at radius 1 is 1.50 bits per heavy atom. The third kappa shape index (κ3) is 2.85. The van der Waals surface area contributed by atoms with E-state index in [0.29, 0.717) is 6.04 Å². The Balaban J connectivity index is 1.92. The van der Waals surface area contributed by atoms with Crippen LogP contribution in [-0.4, -0.2) is 43.2 Å². The second kappa shape index (κ2) is 5.16. The molecule has 0 bridgehead atoms. The number of hydrogen-bond acceptors (Lipinski definition) is 4. The Kier molecular flexibility index (Phi) is 3.62. The second-order valence-electron chi connectivity index (χ2n) is 4.33. The number of pyridine rings is 1. The molecule has 4 heteroatoms. The van der Waals surface area contributed by atoms with Crippen LogP contribution in [0.1, 0.15) is 12.8 Å². The van der Waals surface area contributed by atoms with Gasteiger partial charge in [0.15, 0.2) is 0 Å². The molecule has 1 aliphatic heterocycles. The molecule has 1 N–H and O–H groups in total. The summed E-state index contributed by atoms with van der Waals surface area (Å²) >= 11 is 0. The zero-order valence-electron chi connectivity index (χ0n) is 9.94. The Morgan fingerprint density at radius 3 is 3.00 bits per heavy atom. The number of aromatic nitrogens is 1. The molecule has 88 valence electrons. The number of anilines is 1. The van der Waals surface area contributed by atoms with Crippen molar-refractivity contribution in [3.63, 3.8) is 0 Å². The van der Waals surface area contributed by atoms with Gasteiger partial charge in [-0.05, 0) is 38.6 Å². The Bertz CT molecular complexity index is 326. The fourth-order valence-electron chi connectivity index (χ4n) is 2.08. The van der Waals surface area contributed by atoms with E-state index in [1.54, 1.807) is 13.3 Å². The minimum atomic E-state index is 0.514. The van der Waals surface area contributed by atoms with Crippen LogP contribution >= 0.6 is 0 Å². The highest BCUT2D eigenvalue weighted by atomic mass is 16.5. The smallest absolute Gasteiger partial charge is 0.137 e. The van der Waals surface area contributed by atoms with Gasteiger partial charge in [-0.2, -0.15) is 0 Å². The highest BCUT2D eigenvalue weighted by Crippen LogP contribution is 2.15. The first-order valence-electron chi connectivity index (χ1n) is 5.73. The topological polar surface area (TPSA) is 37.4 Å². The van der Waals surface area contributed by atoms with Gasteiger partial charge >= 0.3 is 0 Å². The zero-order valence-corrected chi connectivity index (χ0v) is 9.94. The van der Waals surface area contributed by atoms with Crippen LogP contribution in [0.3, 0.4) is 0 Å². The molecule has 16 heavy (non-hydrogen) atoms. The molecular weight excluding hydrogens is 202 g/mol. The predicted molar refractivity (Wildman–Crippen MR) is 64.9 cm³/mol. The fraction of sp³-hybridized carbons (Fsp3) is 0.583. The minimum Gasteiger partial charge on any atom is -0.495 e. The van der Waals surface area contributed by atoms with Crippen molar-refractivity contribution < 1.29 is 4.74 Å². The van der Waals surface area contributed by atoms with Crippen LogP contribution in [0.2, 0.25) is 0 Å². The average molecular weight is 221 g/mol. The molecule has 1 fully saturated rings. The molecule has 1 saturated heterocycles. The van der Waals surface area contributed by atoms with Crippen molar-refractivity contribution in [3.8, 4) is 5.75 Å². The molecule has 0 aromatic carbocycles. The van der Waals surface area contributed by atoms with Crippen molar-refractivity contribution >= 4 is 5.82 Å². The molecular formula is C12H19N3O. The third-order valence-electron chi connectivity index (χ3n) is 2.95. The number of nitrogens with one attached hydrogen (secondary N) is 1. The number of rotatable bonds is 3. The summed E-state index contributed by atoms with van der Waals surface area (Å²) in [6.07, 6.45) is 4.22. The molecule has 0 saturated carbocycles. The van der Waals surface area contributed by atoms with Gasteiger partial charge in [0.05, 0.1) is 13.3 Å². The average Bonchev–Trinajstić information content (AvgIpc) is 2.30. The van der Waals surface area contributed by atoms with E-state index in [1.807, 2.05) is 12.1 Å². The minimum absolute atomic E-state index is 0.514. The normalized spacial score (nSPS) is 21.8. The van der Waals surface area contributed by atoms with Crippen LogP contribution in [0.4, 0.5) is 5.82 Å². The summed E-state index contributed by atoms with van der Waals surface area (Å²) in [7, 11) is 3.81. The van der Waals surface area contributed by atoms with Gasteiger partial charge < -0.3 is 15.0 Å². The highest BCUT2D eigenvalue weighted by molar-refractivity contribution is 5.38. The van der Waals surface area contributed by atoms with Crippen LogP contribution in [0.15, 0.2) is 18.3 Å². The van der Waals surface area contributed by atoms with E-state index in [-0.39, 0.29) is 0 Å². The van der Waals surface area contributed by atoms with Gasteiger partial charge in [-0.25, -0.2) is 4.98 Å². The van der Waals surface area contributed by atoms with Gasteiger partial charge in [0.2, 0.25) is 0 Å². The lowest BCUT2D eigenvalue weighted by molar-refractivity contribution is 0.260. The summed E-state index contributed by atoms with van der Waals surface area (Å²) in [5.41, 5.74) is 0. The number of likely N-dealkylation sites (N-methyl/N-ethyl adjacent to an activating group) is 1. The summed E-state index contributed by atoms with van der Waals surface area (Å²) < 4.78 is 5.08. The molecule has 1 aliphatic rings. The first-order valence-corrected chi connectivity index (χ1v) is 5.73. The van der Waals surface area contributed by atoms with Gasteiger partial charge in [-0.15, -0.1) is 0 Å². The lowest BCUT2D eigenvalue weighted by Gasteiger charge is -2.30. The first kappa shape index (κ1) is 11.2.